The predicted octanol–water partition coefficient (Wildman–Crippen LogP) is 3.11. The van der Waals surface area contributed by atoms with Crippen LogP contribution in [0.4, 0.5) is 5.69 Å². The number of hydrogen-bond acceptors (Lipinski definition) is 5. The highest BCUT2D eigenvalue weighted by Gasteiger charge is 2.14. The highest BCUT2D eigenvalue weighted by molar-refractivity contribution is 6.32. The Bertz CT molecular complexity index is 862. The lowest BCUT2D eigenvalue weighted by Gasteiger charge is -2.07. The van der Waals surface area contributed by atoms with Gasteiger partial charge in [-0.05, 0) is 17.7 Å². The zero-order valence-electron chi connectivity index (χ0n) is 11.6. The van der Waals surface area contributed by atoms with E-state index in [2.05, 4.69) is 9.97 Å². The predicted molar refractivity (Wildman–Crippen MR) is 80.9 cm³/mol. The van der Waals surface area contributed by atoms with Crippen molar-refractivity contribution < 1.29 is 9.66 Å². The molecule has 112 valence electrons. The molecule has 0 spiro atoms. The molecule has 0 N–H and O–H groups in total. The molecule has 7 nitrogen and oxygen atoms in total. The minimum Gasteiger partial charge on any atom is -0.471 e. The highest BCUT2D eigenvalue weighted by atomic mass is 35.5. The summed E-state index contributed by atoms with van der Waals surface area (Å²) in [4.78, 5) is 18.8. The fourth-order valence-corrected chi connectivity index (χ4v) is 2.30. The van der Waals surface area contributed by atoms with Gasteiger partial charge in [0.05, 0.1) is 16.8 Å². The summed E-state index contributed by atoms with van der Waals surface area (Å²) in [6.07, 6.45) is 3.28. The van der Waals surface area contributed by atoms with Crippen LogP contribution in [0.1, 0.15) is 5.56 Å². The molecule has 0 saturated heterocycles. The molecular weight excluding hydrogens is 308 g/mol. The first-order valence-electron chi connectivity index (χ1n) is 6.38. The Morgan fingerprint density at radius 1 is 1.36 bits per heavy atom. The number of ether oxygens (including phenoxy) is 1. The summed E-state index contributed by atoms with van der Waals surface area (Å²) in [5, 5.41) is 11.0. The first-order valence-corrected chi connectivity index (χ1v) is 6.75. The largest absolute Gasteiger partial charge is 0.471 e. The number of aryl methyl sites for hydroxylation is 1. The van der Waals surface area contributed by atoms with Gasteiger partial charge in [0, 0.05) is 19.3 Å². The molecule has 0 radical (unpaired) electrons. The van der Waals surface area contributed by atoms with E-state index in [1.165, 1.54) is 12.1 Å². The van der Waals surface area contributed by atoms with Crippen LogP contribution in [0.2, 0.25) is 5.02 Å². The quantitative estimate of drug-likeness (QED) is 0.545. The highest BCUT2D eigenvalue weighted by Crippen LogP contribution is 2.26. The van der Waals surface area contributed by atoms with Crippen LogP contribution in [0, 0.1) is 10.1 Å². The van der Waals surface area contributed by atoms with Gasteiger partial charge in [0.1, 0.15) is 17.1 Å². The topological polar surface area (TPSA) is 83.1 Å². The summed E-state index contributed by atoms with van der Waals surface area (Å²) in [7, 11) is 1.84. The zero-order valence-corrected chi connectivity index (χ0v) is 12.3. The average Bonchev–Trinajstić information content (AvgIpc) is 2.88. The number of fused-ring (bicyclic) bond motifs is 1. The van der Waals surface area contributed by atoms with Crippen molar-refractivity contribution in [3.63, 3.8) is 0 Å². The molecule has 8 heteroatoms. The van der Waals surface area contributed by atoms with Gasteiger partial charge in [0.2, 0.25) is 5.88 Å². The Balaban J connectivity index is 1.87. The number of nitro groups is 1. The van der Waals surface area contributed by atoms with Gasteiger partial charge in [0.25, 0.3) is 5.69 Å². The molecule has 3 rings (SSSR count). The maximum absolute atomic E-state index is 10.9. The molecule has 2 heterocycles. The number of imidazole rings is 1. The van der Waals surface area contributed by atoms with Crippen molar-refractivity contribution in [1.82, 2.24) is 14.5 Å². The van der Waals surface area contributed by atoms with Crippen LogP contribution in [-0.4, -0.2) is 19.5 Å². The lowest BCUT2D eigenvalue weighted by atomic mass is 10.2. The number of pyridine rings is 1. The molecule has 0 saturated carbocycles. The Hall–Kier alpha value is -2.67. The molecule has 1 aromatic carbocycles. The first-order chi connectivity index (χ1) is 10.6. The van der Waals surface area contributed by atoms with Crippen LogP contribution in [0.3, 0.4) is 0 Å². The van der Waals surface area contributed by atoms with Gasteiger partial charge >= 0.3 is 0 Å². The second kappa shape index (κ2) is 5.61. The summed E-state index contributed by atoms with van der Waals surface area (Å²) in [5.74, 6) is 0.426. The van der Waals surface area contributed by atoms with E-state index in [-0.39, 0.29) is 17.3 Å². The minimum absolute atomic E-state index is 0.0978. The average molecular weight is 319 g/mol. The van der Waals surface area contributed by atoms with Crippen molar-refractivity contribution in [1.29, 1.82) is 0 Å². The number of aromatic nitrogens is 3. The van der Waals surface area contributed by atoms with Crippen LogP contribution in [0.15, 0.2) is 36.8 Å². The van der Waals surface area contributed by atoms with Gasteiger partial charge in [-0.3, -0.25) is 10.1 Å². The molecule has 0 amide bonds. The molecule has 0 aliphatic heterocycles. The number of nitro benzene ring substituents is 1. The molecule has 0 atom stereocenters. The van der Waals surface area contributed by atoms with Gasteiger partial charge in [-0.2, -0.15) is 0 Å². The number of rotatable bonds is 4. The third kappa shape index (κ3) is 2.58. The van der Waals surface area contributed by atoms with Crippen molar-refractivity contribution >= 4 is 28.3 Å². The molecule has 22 heavy (non-hydrogen) atoms. The van der Waals surface area contributed by atoms with Gasteiger partial charge in [-0.15, -0.1) is 0 Å². The van der Waals surface area contributed by atoms with Crippen LogP contribution < -0.4 is 4.74 Å². The summed E-state index contributed by atoms with van der Waals surface area (Å²) >= 11 is 5.79. The van der Waals surface area contributed by atoms with E-state index in [4.69, 9.17) is 16.3 Å². The van der Waals surface area contributed by atoms with Gasteiger partial charge in [-0.1, -0.05) is 17.7 Å². The van der Waals surface area contributed by atoms with Crippen LogP contribution in [0.5, 0.6) is 5.88 Å². The Morgan fingerprint density at radius 2 is 2.18 bits per heavy atom. The van der Waals surface area contributed by atoms with Crippen molar-refractivity contribution in [3.05, 3.63) is 57.5 Å². The van der Waals surface area contributed by atoms with E-state index < -0.39 is 4.92 Å². The maximum atomic E-state index is 10.9. The molecule has 3 aromatic rings. The second-order valence-electron chi connectivity index (χ2n) is 4.67. The van der Waals surface area contributed by atoms with Gasteiger partial charge in [-0.25, -0.2) is 9.97 Å². The smallest absolute Gasteiger partial charge is 0.288 e. The fraction of sp³-hybridized carbons (Fsp3) is 0.143. The number of halogens is 1. The van der Waals surface area contributed by atoms with E-state index in [1.807, 2.05) is 11.6 Å². The van der Waals surface area contributed by atoms with Crippen LogP contribution in [-0.2, 0) is 13.7 Å². The van der Waals surface area contributed by atoms with Crippen molar-refractivity contribution in [2.75, 3.05) is 0 Å². The van der Waals surface area contributed by atoms with Crippen molar-refractivity contribution in [3.8, 4) is 5.88 Å². The first kappa shape index (κ1) is 14.3. The molecule has 0 unspecified atom stereocenters. The second-order valence-corrected chi connectivity index (χ2v) is 5.08. The van der Waals surface area contributed by atoms with Crippen molar-refractivity contribution in [2.24, 2.45) is 7.05 Å². The molecule has 0 fully saturated rings. The standard InChI is InChI=1S/C14H11ClN4O3/c1-18-8-17-11-4-5-16-14(13(11)18)22-7-9-2-3-10(15)12(6-9)19(20)21/h2-6,8H,7H2,1H3. The Morgan fingerprint density at radius 3 is 2.95 bits per heavy atom. The summed E-state index contributed by atoms with van der Waals surface area (Å²) in [6.45, 7) is 0.148. The third-order valence-electron chi connectivity index (χ3n) is 3.17. The van der Waals surface area contributed by atoms with Crippen LogP contribution in [0.25, 0.3) is 11.0 Å². The normalized spacial score (nSPS) is 10.8. The van der Waals surface area contributed by atoms with E-state index in [1.54, 1.807) is 24.7 Å². The van der Waals surface area contributed by atoms with Gasteiger partial charge < -0.3 is 9.30 Å². The Labute approximate surface area is 130 Å². The number of nitrogens with zero attached hydrogens (tertiary/aromatic N) is 4. The van der Waals surface area contributed by atoms with Crippen molar-refractivity contribution in [2.45, 2.75) is 6.61 Å². The molecule has 0 aliphatic carbocycles. The molecule has 0 aliphatic rings. The Kier molecular flexibility index (Phi) is 3.64. The maximum Gasteiger partial charge on any atom is 0.288 e. The fourth-order valence-electron chi connectivity index (χ4n) is 2.11. The molecular formula is C14H11ClN4O3. The summed E-state index contributed by atoms with van der Waals surface area (Å²) < 4.78 is 7.49. The summed E-state index contributed by atoms with van der Waals surface area (Å²) in [6, 6.07) is 6.34. The third-order valence-corrected chi connectivity index (χ3v) is 3.49. The lowest BCUT2D eigenvalue weighted by molar-refractivity contribution is -0.384. The monoisotopic (exact) mass is 318 g/mol. The number of hydrogen-bond donors (Lipinski definition) is 0. The van der Waals surface area contributed by atoms with E-state index in [0.29, 0.717) is 11.4 Å². The zero-order chi connectivity index (χ0) is 15.7. The van der Waals surface area contributed by atoms with E-state index in [0.717, 1.165) is 11.0 Å². The summed E-state index contributed by atoms with van der Waals surface area (Å²) in [5.41, 5.74) is 2.03. The SMILES string of the molecule is Cn1cnc2ccnc(OCc3ccc(Cl)c([N+](=O)[O-])c3)c21. The van der Waals surface area contributed by atoms with Gasteiger partial charge in [0.15, 0.2) is 0 Å². The van der Waals surface area contributed by atoms with E-state index in [9.17, 15) is 10.1 Å². The lowest BCUT2D eigenvalue weighted by Crippen LogP contribution is -2.00. The molecule has 0 bridgehead atoms. The molecule has 2 aromatic heterocycles. The number of benzene rings is 1. The van der Waals surface area contributed by atoms with E-state index >= 15 is 0 Å². The minimum atomic E-state index is -0.522. The van der Waals surface area contributed by atoms with Crippen LogP contribution >= 0.6 is 11.6 Å².